The molecule has 0 aromatic carbocycles. The highest BCUT2D eigenvalue weighted by Crippen LogP contribution is 2.32. The molecule has 0 bridgehead atoms. The number of hydrogen-bond donors (Lipinski definition) is 1. The molecule has 2 aliphatic heterocycles. The van der Waals surface area contributed by atoms with Crippen molar-refractivity contribution in [2.24, 2.45) is 22.6 Å². The Morgan fingerprint density at radius 2 is 1.95 bits per heavy atom. The zero-order valence-corrected chi connectivity index (χ0v) is 15.2. The maximum absolute atomic E-state index is 11.9. The molecule has 1 unspecified atom stereocenters. The molecule has 1 atom stereocenters. The predicted molar refractivity (Wildman–Crippen MR) is 94.7 cm³/mol. The molecule has 5 nitrogen and oxygen atoms in total. The first-order valence-electron chi connectivity index (χ1n) is 7.98. The minimum absolute atomic E-state index is 0. The molecule has 1 aliphatic carbocycles. The lowest BCUT2D eigenvalue weighted by Gasteiger charge is -2.31. The van der Waals surface area contributed by atoms with Gasteiger partial charge in [0, 0.05) is 44.6 Å². The van der Waals surface area contributed by atoms with Crippen molar-refractivity contribution in [3.63, 3.8) is 0 Å². The van der Waals surface area contributed by atoms with E-state index in [4.69, 9.17) is 5.73 Å². The Bertz CT molecular complexity index is 402. The van der Waals surface area contributed by atoms with Crippen LogP contribution in [0.2, 0.25) is 0 Å². The van der Waals surface area contributed by atoms with Crippen LogP contribution in [0.15, 0.2) is 4.99 Å². The number of guanidine groups is 1. The van der Waals surface area contributed by atoms with Gasteiger partial charge in [-0.3, -0.25) is 9.79 Å². The summed E-state index contributed by atoms with van der Waals surface area (Å²) in [6, 6.07) is 0.539. The molecule has 0 aromatic rings. The monoisotopic (exact) mass is 406 g/mol. The molecule has 3 aliphatic rings. The van der Waals surface area contributed by atoms with Crippen molar-refractivity contribution in [3.8, 4) is 0 Å². The molecular weight excluding hydrogens is 379 g/mol. The second-order valence-electron chi connectivity index (χ2n) is 6.72. The van der Waals surface area contributed by atoms with Gasteiger partial charge in [-0.15, -0.1) is 24.0 Å². The average molecular weight is 406 g/mol. The van der Waals surface area contributed by atoms with E-state index in [2.05, 4.69) is 21.7 Å². The van der Waals surface area contributed by atoms with Gasteiger partial charge in [0.2, 0.25) is 5.91 Å². The molecule has 2 N–H and O–H groups in total. The molecule has 3 fully saturated rings. The molecule has 0 spiro atoms. The van der Waals surface area contributed by atoms with Crippen molar-refractivity contribution in [1.29, 1.82) is 0 Å². The number of halogens is 1. The summed E-state index contributed by atoms with van der Waals surface area (Å²) in [5.74, 6) is 2.16. The molecule has 0 radical (unpaired) electrons. The van der Waals surface area contributed by atoms with Crippen molar-refractivity contribution >= 4 is 35.8 Å². The largest absolute Gasteiger partial charge is 0.370 e. The van der Waals surface area contributed by atoms with Crippen LogP contribution in [0.4, 0.5) is 0 Å². The van der Waals surface area contributed by atoms with Gasteiger partial charge in [0.1, 0.15) is 0 Å². The Hall–Kier alpha value is -0.530. The van der Waals surface area contributed by atoms with Crippen LogP contribution < -0.4 is 5.73 Å². The zero-order valence-electron chi connectivity index (χ0n) is 12.8. The summed E-state index contributed by atoms with van der Waals surface area (Å²) in [5.41, 5.74) is 6.09. The maximum Gasteiger partial charge on any atom is 0.223 e. The lowest BCUT2D eigenvalue weighted by Crippen LogP contribution is -2.42. The van der Waals surface area contributed by atoms with Crippen LogP contribution in [0, 0.1) is 11.8 Å². The van der Waals surface area contributed by atoms with E-state index in [0.717, 1.165) is 25.6 Å². The highest BCUT2D eigenvalue weighted by atomic mass is 127. The Labute approximate surface area is 144 Å². The summed E-state index contributed by atoms with van der Waals surface area (Å²) in [5, 5.41) is 0. The molecule has 1 amide bonds. The van der Waals surface area contributed by atoms with Crippen LogP contribution in [0.25, 0.3) is 0 Å². The number of nitrogens with two attached hydrogens (primary N) is 1. The molecule has 2 saturated heterocycles. The summed E-state index contributed by atoms with van der Waals surface area (Å²) in [7, 11) is 0. The zero-order chi connectivity index (χ0) is 14.1. The van der Waals surface area contributed by atoms with Crippen molar-refractivity contribution in [2.45, 2.75) is 45.1 Å². The third-order valence-electron chi connectivity index (χ3n) is 4.85. The smallest absolute Gasteiger partial charge is 0.223 e. The first-order chi connectivity index (χ1) is 9.63. The highest BCUT2D eigenvalue weighted by Gasteiger charge is 2.39. The summed E-state index contributed by atoms with van der Waals surface area (Å²) < 4.78 is 0. The second-order valence-corrected chi connectivity index (χ2v) is 6.72. The molecule has 120 valence electrons. The number of amides is 1. The number of aliphatic imine (C=N–C) groups is 1. The van der Waals surface area contributed by atoms with E-state index in [1.165, 1.54) is 25.7 Å². The standard InChI is InChI=1S/C15H26N4O.HI/c1-11-4-6-18(7-5-11)15(16)17-9-12-8-14(20)19(10-12)13-2-3-13;/h11-13H,2-10H2,1H3,(H2,16,17);1H. The predicted octanol–water partition coefficient (Wildman–Crippen LogP) is 1.66. The number of carbonyl (C=O) groups excluding carboxylic acids is 1. The lowest BCUT2D eigenvalue weighted by atomic mass is 10.00. The fourth-order valence-electron chi connectivity index (χ4n) is 3.23. The van der Waals surface area contributed by atoms with Gasteiger partial charge in [0.05, 0.1) is 0 Å². The quantitative estimate of drug-likeness (QED) is 0.441. The SMILES string of the molecule is CC1CCN(C(N)=NCC2CC(=O)N(C3CC3)C2)CC1.I. The van der Waals surface area contributed by atoms with Crippen molar-refractivity contribution in [3.05, 3.63) is 0 Å². The molecule has 0 aromatic heterocycles. The van der Waals surface area contributed by atoms with Crippen molar-refractivity contribution < 1.29 is 4.79 Å². The van der Waals surface area contributed by atoms with Crippen LogP contribution in [0.5, 0.6) is 0 Å². The molecule has 21 heavy (non-hydrogen) atoms. The topological polar surface area (TPSA) is 61.9 Å². The number of nitrogens with zero attached hydrogens (tertiary/aromatic N) is 3. The third-order valence-corrected chi connectivity index (χ3v) is 4.85. The van der Waals surface area contributed by atoms with Gasteiger partial charge in [0.25, 0.3) is 0 Å². The van der Waals surface area contributed by atoms with E-state index >= 15 is 0 Å². The van der Waals surface area contributed by atoms with E-state index in [1.807, 2.05) is 0 Å². The Morgan fingerprint density at radius 3 is 2.57 bits per heavy atom. The summed E-state index contributed by atoms with van der Waals surface area (Å²) in [6.07, 6.45) is 5.44. The minimum atomic E-state index is 0. The molecule has 1 saturated carbocycles. The van der Waals surface area contributed by atoms with Crippen LogP contribution in [0.1, 0.15) is 39.0 Å². The van der Waals surface area contributed by atoms with E-state index in [1.54, 1.807) is 0 Å². The van der Waals surface area contributed by atoms with Gasteiger partial charge >= 0.3 is 0 Å². The van der Waals surface area contributed by atoms with Gasteiger partial charge in [-0.1, -0.05) is 6.92 Å². The second kappa shape index (κ2) is 7.15. The first kappa shape index (κ1) is 16.8. The summed E-state index contributed by atoms with van der Waals surface area (Å²) in [6.45, 7) is 5.92. The van der Waals surface area contributed by atoms with E-state index < -0.39 is 0 Å². The van der Waals surface area contributed by atoms with Gasteiger partial charge < -0.3 is 15.5 Å². The Balaban J connectivity index is 0.00000161. The van der Waals surface area contributed by atoms with Crippen molar-refractivity contribution in [2.75, 3.05) is 26.2 Å². The number of rotatable bonds is 3. The number of piperidine rings is 1. The van der Waals surface area contributed by atoms with Gasteiger partial charge in [0.15, 0.2) is 5.96 Å². The first-order valence-corrected chi connectivity index (χ1v) is 7.98. The van der Waals surface area contributed by atoms with Crippen LogP contribution >= 0.6 is 24.0 Å². The number of carbonyl (C=O) groups is 1. The van der Waals surface area contributed by atoms with E-state index in [9.17, 15) is 4.79 Å². The van der Waals surface area contributed by atoms with Crippen LogP contribution in [-0.2, 0) is 4.79 Å². The Kier molecular flexibility index (Phi) is 5.73. The van der Waals surface area contributed by atoms with Gasteiger partial charge in [-0.25, -0.2) is 0 Å². The van der Waals surface area contributed by atoms with E-state index in [0.29, 0.717) is 36.8 Å². The van der Waals surface area contributed by atoms with Crippen LogP contribution in [-0.4, -0.2) is 53.9 Å². The van der Waals surface area contributed by atoms with Gasteiger partial charge in [-0.2, -0.15) is 0 Å². The van der Waals surface area contributed by atoms with Gasteiger partial charge in [-0.05, 0) is 31.6 Å². The fourth-order valence-corrected chi connectivity index (χ4v) is 3.23. The normalized spacial score (nSPS) is 28.0. The molecule has 6 heteroatoms. The number of likely N-dealkylation sites (tertiary alicyclic amines) is 2. The minimum Gasteiger partial charge on any atom is -0.370 e. The highest BCUT2D eigenvalue weighted by molar-refractivity contribution is 14.0. The summed E-state index contributed by atoms with van der Waals surface area (Å²) >= 11 is 0. The Morgan fingerprint density at radius 1 is 1.29 bits per heavy atom. The number of hydrogen-bond acceptors (Lipinski definition) is 2. The van der Waals surface area contributed by atoms with E-state index in [-0.39, 0.29) is 24.0 Å². The maximum atomic E-state index is 11.9. The fraction of sp³-hybridized carbons (Fsp3) is 0.867. The lowest BCUT2D eigenvalue weighted by molar-refractivity contribution is -0.128. The van der Waals surface area contributed by atoms with Crippen LogP contribution in [0.3, 0.4) is 0 Å². The van der Waals surface area contributed by atoms with Crippen molar-refractivity contribution in [1.82, 2.24) is 9.80 Å². The molecule has 3 rings (SSSR count). The average Bonchev–Trinajstić information content (AvgIpc) is 3.21. The third kappa shape index (κ3) is 4.23. The molecule has 2 heterocycles. The summed E-state index contributed by atoms with van der Waals surface area (Å²) in [4.78, 5) is 20.7. The molecular formula is C15H27IN4O.